The topological polar surface area (TPSA) is 63.6 Å². The molecule has 21 heavy (non-hydrogen) atoms. The van der Waals surface area contributed by atoms with E-state index in [-0.39, 0.29) is 17.5 Å². The highest BCUT2D eigenvalue weighted by Gasteiger charge is 2.28. The van der Waals surface area contributed by atoms with Gasteiger partial charge in [0, 0.05) is 6.42 Å². The van der Waals surface area contributed by atoms with Crippen LogP contribution in [0.25, 0.3) is 0 Å². The van der Waals surface area contributed by atoms with Gasteiger partial charge in [-0.15, -0.1) is 0 Å². The molecular formula is C16H22O4S. The number of thioether (sulfide) groups is 1. The number of esters is 1. The van der Waals surface area contributed by atoms with Crippen LogP contribution in [-0.2, 0) is 14.3 Å². The van der Waals surface area contributed by atoms with Crippen molar-refractivity contribution in [1.82, 2.24) is 0 Å². The summed E-state index contributed by atoms with van der Waals surface area (Å²) in [5.74, 6) is -0.283. The number of rotatable bonds is 8. The summed E-state index contributed by atoms with van der Waals surface area (Å²) >= 11 is 1.18. The number of carbonyl (C=O) groups is 2. The first kappa shape index (κ1) is 17.7. The maximum Gasteiger partial charge on any atom is 0.305 e. The minimum atomic E-state index is -0.896. The van der Waals surface area contributed by atoms with Crippen LogP contribution in [0.15, 0.2) is 30.3 Å². The molecule has 4 nitrogen and oxygen atoms in total. The van der Waals surface area contributed by atoms with Crippen molar-refractivity contribution in [2.45, 2.75) is 32.8 Å². The molecule has 2 atom stereocenters. The maximum atomic E-state index is 12.2. The number of ether oxygens (including phenoxy) is 1. The van der Waals surface area contributed by atoms with Gasteiger partial charge in [-0.05, 0) is 24.7 Å². The zero-order valence-corrected chi connectivity index (χ0v) is 13.3. The molecule has 0 heterocycles. The van der Waals surface area contributed by atoms with Crippen molar-refractivity contribution in [2.24, 2.45) is 5.92 Å². The van der Waals surface area contributed by atoms with E-state index < -0.39 is 12.0 Å². The number of carbonyl (C=O) groups excluding carboxylic acids is 2. The van der Waals surface area contributed by atoms with Gasteiger partial charge in [-0.25, -0.2) is 0 Å². The van der Waals surface area contributed by atoms with Crippen molar-refractivity contribution in [3.8, 4) is 0 Å². The number of aliphatic hydroxyl groups excluding tert-OH is 1. The van der Waals surface area contributed by atoms with E-state index in [9.17, 15) is 14.7 Å². The Morgan fingerprint density at radius 3 is 2.48 bits per heavy atom. The lowest BCUT2D eigenvalue weighted by Crippen LogP contribution is -2.22. The van der Waals surface area contributed by atoms with Crippen LogP contribution in [0.2, 0.25) is 0 Å². The molecule has 0 aliphatic heterocycles. The van der Waals surface area contributed by atoms with Gasteiger partial charge in [0.15, 0.2) is 5.12 Å². The molecule has 0 radical (unpaired) electrons. The van der Waals surface area contributed by atoms with Crippen molar-refractivity contribution < 1.29 is 19.4 Å². The molecule has 0 aromatic heterocycles. The minimum Gasteiger partial charge on any atom is -0.466 e. The molecule has 0 fully saturated rings. The van der Waals surface area contributed by atoms with Gasteiger partial charge in [-0.2, -0.15) is 0 Å². The molecule has 0 aliphatic rings. The minimum absolute atomic E-state index is 0.0850. The largest absolute Gasteiger partial charge is 0.466 e. The summed E-state index contributed by atoms with van der Waals surface area (Å²) in [4.78, 5) is 23.6. The van der Waals surface area contributed by atoms with E-state index in [2.05, 4.69) is 0 Å². The Labute approximate surface area is 129 Å². The second-order valence-corrected chi connectivity index (χ2v) is 5.83. The summed E-state index contributed by atoms with van der Waals surface area (Å²) < 4.78 is 4.88. The highest BCUT2D eigenvalue weighted by atomic mass is 32.2. The summed E-state index contributed by atoms with van der Waals surface area (Å²) in [6, 6.07) is 9.06. The number of benzene rings is 1. The molecule has 5 heteroatoms. The van der Waals surface area contributed by atoms with Crippen LogP contribution in [-0.4, -0.2) is 28.6 Å². The van der Waals surface area contributed by atoms with Gasteiger partial charge in [0.1, 0.15) is 0 Å². The molecule has 116 valence electrons. The Bertz CT molecular complexity index is 447. The Balaban J connectivity index is 2.77. The van der Waals surface area contributed by atoms with Gasteiger partial charge < -0.3 is 9.84 Å². The molecule has 0 spiro atoms. The number of aliphatic hydroxyl groups is 1. The van der Waals surface area contributed by atoms with E-state index in [0.29, 0.717) is 24.3 Å². The van der Waals surface area contributed by atoms with Crippen LogP contribution in [0.5, 0.6) is 0 Å². The quantitative estimate of drug-likeness (QED) is 0.748. The van der Waals surface area contributed by atoms with Gasteiger partial charge in [-0.3, -0.25) is 9.59 Å². The molecule has 0 saturated carbocycles. The molecule has 0 aliphatic carbocycles. The highest BCUT2D eigenvalue weighted by Crippen LogP contribution is 2.30. The van der Waals surface area contributed by atoms with Gasteiger partial charge in [0.2, 0.25) is 0 Å². The predicted octanol–water partition coefficient (Wildman–Crippen LogP) is 2.96. The van der Waals surface area contributed by atoms with Crippen molar-refractivity contribution in [3.63, 3.8) is 0 Å². The third-order valence-electron chi connectivity index (χ3n) is 3.08. The fraction of sp³-hybridized carbons (Fsp3) is 0.500. The summed E-state index contributed by atoms with van der Waals surface area (Å²) in [7, 11) is 0. The summed E-state index contributed by atoms with van der Waals surface area (Å²) in [5, 5.41) is 10.3. The van der Waals surface area contributed by atoms with E-state index in [4.69, 9.17) is 4.74 Å². The van der Waals surface area contributed by atoms with E-state index in [1.807, 2.05) is 25.1 Å². The lowest BCUT2D eigenvalue weighted by Gasteiger charge is -2.21. The normalized spacial score (nSPS) is 13.5. The van der Waals surface area contributed by atoms with Crippen LogP contribution >= 0.6 is 11.8 Å². The van der Waals surface area contributed by atoms with Crippen molar-refractivity contribution in [2.75, 3.05) is 12.4 Å². The van der Waals surface area contributed by atoms with Crippen molar-refractivity contribution >= 4 is 22.8 Å². The highest BCUT2D eigenvalue weighted by molar-refractivity contribution is 8.13. The van der Waals surface area contributed by atoms with Gasteiger partial charge in [-0.1, -0.05) is 49.0 Å². The SMILES string of the molecule is CCOC(=O)CC[C@H](C(=O)SCC)[C@@H](O)c1ccccc1. The lowest BCUT2D eigenvalue weighted by atomic mass is 9.92. The first-order valence-electron chi connectivity index (χ1n) is 7.15. The Morgan fingerprint density at radius 1 is 1.24 bits per heavy atom. The zero-order valence-electron chi connectivity index (χ0n) is 12.5. The average Bonchev–Trinajstić information content (AvgIpc) is 2.48. The van der Waals surface area contributed by atoms with E-state index in [1.165, 1.54) is 11.8 Å². The van der Waals surface area contributed by atoms with Gasteiger partial charge in [0.25, 0.3) is 0 Å². The molecule has 1 N–H and O–H groups in total. The van der Waals surface area contributed by atoms with Crippen LogP contribution in [0.4, 0.5) is 0 Å². The Morgan fingerprint density at radius 2 is 1.90 bits per heavy atom. The van der Waals surface area contributed by atoms with Crippen LogP contribution in [0.1, 0.15) is 38.4 Å². The molecule has 0 amide bonds. The van der Waals surface area contributed by atoms with Gasteiger partial charge in [0.05, 0.1) is 18.6 Å². The molecule has 0 unspecified atom stereocenters. The summed E-state index contributed by atoms with van der Waals surface area (Å²) in [6.07, 6.45) is -0.466. The third kappa shape index (κ3) is 5.89. The second kappa shape index (κ2) is 9.58. The van der Waals surface area contributed by atoms with Crippen LogP contribution in [0, 0.1) is 5.92 Å². The van der Waals surface area contributed by atoms with Crippen LogP contribution < -0.4 is 0 Å². The smallest absolute Gasteiger partial charge is 0.305 e. The first-order valence-corrected chi connectivity index (χ1v) is 8.14. The fourth-order valence-corrected chi connectivity index (χ4v) is 2.79. The summed E-state index contributed by atoms with van der Waals surface area (Å²) in [5.41, 5.74) is 0.691. The maximum absolute atomic E-state index is 12.2. The molecule has 1 rings (SSSR count). The molecule has 1 aromatic rings. The van der Waals surface area contributed by atoms with Crippen molar-refractivity contribution in [3.05, 3.63) is 35.9 Å². The van der Waals surface area contributed by atoms with Crippen molar-refractivity contribution in [1.29, 1.82) is 0 Å². The molecule has 0 saturated heterocycles. The van der Waals surface area contributed by atoms with E-state index >= 15 is 0 Å². The fourth-order valence-electron chi connectivity index (χ4n) is 2.04. The molecular weight excluding hydrogens is 288 g/mol. The monoisotopic (exact) mass is 310 g/mol. The second-order valence-electron chi connectivity index (χ2n) is 4.56. The average molecular weight is 310 g/mol. The lowest BCUT2D eigenvalue weighted by molar-refractivity contribution is -0.143. The molecule has 0 bridgehead atoms. The predicted molar refractivity (Wildman–Crippen MR) is 83.9 cm³/mol. The zero-order chi connectivity index (χ0) is 15.7. The standard InChI is InChI=1S/C16H22O4S/c1-3-20-14(17)11-10-13(16(19)21-4-2)15(18)12-8-6-5-7-9-12/h5-9,13,15,18H,3-4,10-11H2,1-2H3/t13-,15-/m0/s1. The van der Waals surface area contributed by atoms with E-state index in [0.717, 1.165) is 0 Å². The van der Waals surface area contributed by atoms with Crippen LogP contribution in [0.3, 0.4) is 0 Å². The van der Waals surface area contributed by atoms with Gasteiger partial charge >= 0.3 is 5.97 Å². The number of hydrogen-bond acceptors (Lipinski definition) is 5. The Hall–Kier alpha value is -1.33. The molecule has 1 aromatic carbocycles. The van der Waals surface area contributed by atoms with E-state index in [1.54, 1.807) is 19.1 Å². The summed E-state index contributed by atoms with van der Waals surface area (Å²) in [6.45, 7) is 3.95. The first-order chi connectivity index (χ1) is 10.1. The Kier molecular flexibility index (Phi) is 8.08. The number of hydrogen-bond donors (Lipinski definition) is 1. The third-order valence-corrected chi connectivity index (χ3v) is 3.95.